The number of nitrogens with zero attached hydrogens (tertiary/aromatic N) is 3. The van der Waals surface area contributed by atoms with Crippen LogP contribution in [0.5, 0.6) is 0 Å². The molecule has 0 radical (unpaired) electrons. The van der Waals surface area contributed by atoms with Crippen molar-refractivity contribution in [1.82, 2.24) is 10.2 Å². The van der Waals surface area contributed by atoms with Crippen LogP contribution in [0.1, 0.15) is 18.5 Å². The van der Waals surface area contributed by atoms with Crippen LogP contribution in [0.4, 0.5) is 5.69 Å². The van der Waals surface area contributed by atoms with Crippen molar-refractivity contribution >= 4 is 28.4 Å². The van der Waals surface area contributed by atoms with Crippen LogP contribution >= 0.6 is 11.8 Å². The van der Waals surface area contributed by atoms with E-state index in [0.29, 0.717) is 10.9 Å². The minimum atomic E-state index is 0.377. The second-order valence-electron chi connectivity index (χ2n) is 4.57. The monoisotopic (exact) mass is 270 g/mol. The van der Waals surface area contributed by atoms with E-state index >= 15 is 0 Å². The van der Waals surface area contributed by atoms with Crippen LogP contribution in [-0.2, 0) is 0 Å². The quantitative estimate of drug-likeness (QED) is 0.929. The number of hydrogen-bond acceptors (Lipinski definition) is 5. The zero-order chi connectivity index (χ0) is 13.1. The van der Waals surface area contributed by atoms with E-state index < -0.39 is 0 Å². The molecule has 2 heterocycles. The molecule has 3 rings (SSSR count). The number of hydrogen-bond donors (Lipinski definition) is 1. The van der Waals surface area contributed by atoms with Crippen LogP contribution in [0.25, 0.3) is 10.9 Å². The van der Waals surface area contributed by atoms with Gasteiger partial charge in [0.15, 0.2) is 5.69 Å². The molecule has 1 aromatic heterocycles. The summed E-state index contributed by atoms with van der Waals surface area (Å²) in [5.74, 6) is 1.24. The molecule has 1 fully saturated rings. The van der Waals surface area contributed by atoms with Gasteiger partial charge in [0.05, 0.1) is 11.2 Å². The summed E-state index contributed by atoms with van der Waals surface area (Å²) in [7, 11) is 0. The lowest BCUT2D eigenvalue weighted by molar-refractivity contribution is 0.805. The van der Waals surface area contributed by atoms with Gasteiger partial charge >= 0.3 is 0 Å². The first-order valence-electron chi connectivity index (χ1n) is 6.39. The Morgan fingerprint density at radius 2 is 2.26 bits per heavy atom. The fourth-order valence-electron chi connectivity index (χ4n) is 2.33. The molecular weight excluding hydrogens is 256 g/mol. The summed E-state index contributed by atoms with van der Waals surface area (Å²) < 4.78 is 0. The topological polar surface area (TPSA) is 61.6 Å². The molecule has 0 spiro atoms. The number of rotatable bonds is 3. The van der Waals surface area contributed by atoms with Gasteiger partial charge in [-0.15, -0.1) is 10.2 Å². The molecular formula is C14H14N4S. The second-order valence-corrected chi connectivity index (χ2v) is 5.98. The molecule has 1 saturated heterocycles. The first kappa shape index (κ1) is 12.2. The fourth-order valence-corrected chi connectivity index (χ4v) is 3.53. The molecule has 96 valence electrons. The highest BCUT2D eigenvalue weighted by molar-refractivity contribution is 8.00. The van der Waals surface area contributed by atoms with Crippen LogP contribution in [0.3, 0.4) is 0 Å². The number of thioether (sulfide) groups is 1. The predicted octanol–water partition coefficient (Wildman–Crippen LogP) is 2.81. The maximum absolute atomic E-state index is 9.17. The summed E-state index contributed by atoms with van der Waals surface area (Å²) in [5.41, 5.74) is 2.02. The molecule has 1 aliphatic rings. The molecule has 0 aliphatic carbocycles. The first-order chi connectivity index (χ1) is 9.38. The molecule has 4 nitrogen and oxygen atoms in total. The minimum Gasteiger partial charge on any atom is -0.381 e. The average Bonchev–Trinajstić information content (AvgIpc) is 2.97. The molecule has 1 aliphatic heterocycles. The van der Waals surface area contributed by atoms with E-state index in [2.05, 4.69) is 21.6 Å². The molecule has 0 saturated carbocycles. The van der Waals surface area contributed by atoms with E-state index in [9.17, 15) is 5.26 Å². The zero-order valence-corrected chi connectivity index (χ0v) is 11.3. The van der Waals surface area contributed by atoms with Gasteiger partial charge in [-0.2, -0.15) is 17.0 Å². The predicted molar refractivity (Wildman–Crippen MR) is 78.2 cm³/mol. The Labute approximate surface area is 116 Å². The Bertz CT molecular complexity index is 629. The van der Waals surface area contributed by atoms with Crippen molar-refractivity contribution in [1.29, 1.82) is 5.26 Å². The van der Waals surface area contributed by atoms with E-state index in [0.717, 1.165) is 23.1 Å². The van der Waals surface area contributed by atoms with Crippen molar-refractivity contribution in [3.05, 3.63) is 30.0 Å². The van der Waals surface area contributed by atoms with Crippen LogP contribution in [0.2, 0.25) is 0 Å². The minimum absolute atomic E-state index is 0.377. The molecule has 1 unspecified atom stereocenters. The molecule has 1 N–H and O–H groups in total. The summed E-state index contributed by atoms with van der Waals surface area (Å²) in [6, 6.07) is 9.91. The van der Waals surface area contributed by atoms with Crippen LogP contribution < -0.4 is 5.32 Å². The van der Waals surface area contributed by atoms with Crippen molar-refractivity contribution in [2.45, 2.75) is 18.1 Å². The highest BCUT2D eigenvalue weighted by atomic mass is 32.2. The van der Waals surface area contributed by atoms with E-state index in [4.69, 9.17) is 0 Å². The zero-order valence-electron chi connectivity index (χ0n) is 10.5. The number of nitriles is 1. The number of fused-ring (bicyclic) bond motifs is 1. The van der Waals surface area contributed by atoms with Gasteiger partial charge in [-0.25, -0.2) is 0 Å². The van der Waals surface area contributed by atoms with Crippen molar-refractivity contribution in [3.63, 3.8) is 0 Å². The molecule has 1 atom stereocenters. The Hall–Kier alpha value is -1.80. The lowest BCUT2D eigenvalue weighted by atomic mass is 10.1. The number of anilines is 1. The number of nitrogens with one attached hydrogen (secondary N) is 1. The van der Waals surface area contributed by atoms with Gasteiger partial charge in [-0.05, 0) is 24.7 Å². The normalized spacial score (nSPS) is 18.4. The van der Waals surface area contributed by atoms with Crippen molar-refractivity contribution in [2.24, 2.45) is 0 Å². The third kappa shape index (κ3) is 2.49. The second kappa shape index (κ2) is 5.45. The van der Waals surface area contributed by atoms with Crippen molar-refractivity contribution < 1.29 is 0 Å². The summed E-state index contributed by atoms with van der Waals surface area (Å²) in [5, 5.41) is 22.2. The van der Waals surface area contributed by atoms with E-state index in [1.165, 1.54) is 18.6 Å². The molecule has 1 aromatic carbocycles. The Balaban J connectivity index is 1.93. The fraction of sp³-hybridized carbons (Fsp3) is 0.357. The van der Waals surface area contributed by atoms with Gasteiger partial charge in [0.25, 0.3) is 0 Å². The largest absolute Gasteiger partial charge is 0.381 e. The summed E-state index contributed by atoms with van der Waals surface area (Å²) in [4.78, 5) is 0. The lowest BCUT2D eigenvalue weighted by Gasteiger charge is -2.13. The Morgan fingerprint density at radius 3 is 3.05 bits per heavy atom. The highest BCUT2D eigenvalue weighted by Gasteiger charge is 2.17. The lowest BCUT2D eigenvalue weighted by Crippen LogP contribution is -2.15. The van der Waals surface area contributed by atoms with Gasteiger partial charge < -0.3 is 5.32 Å². The molecule has 2 aromatic rings. The maximum atomic E-state index is 9.17. The van der Waals surface area contributed by atoms with Gasteiger partial charge in [0.1, 0.15) is 6.07 Å². The highest BCUT2D eigenvalue weighted by Crippen LogP contribution is 2.28. The molecule has 0 bridgehead atoms. The number of benzene rings is 1. The average molecular weight is 270 g/mol. The Kier molecular flexibility index (Phi) is 3.51. The first-order valence-corrected chi connectivity index (χ1v) is 7.44. The SMILES string of the molecule is N#Cc1nnc2ccccc2c1NCC1CCCS1. The third-order valence-electron chi connectivity index (χ3n) is 3.30. The molecule has 0 amide bonds. The third-order valence-corrected chi connectivity index (χ3v) is 4.70. The maximum Gasteiger partial charge on any atom is 0.186 e. The van der Waals surface area contributed by atoms with Gasteiger partial charge in [-0.1, -0.05) is 18.2 Å². The van der Waals surface area contributed by atoms with Crippen LogP contribution in [0, 0.1) is 11.3 Å². The van der Waals surface area contributed by atoms with Crippen LogP contribution in [-0.4, -0.2) is 27.7 Å². The van der Waals surface area contributed by atoms with Gasteiger partial charge in [0, 0.05) is 17.2 Å². The van der Waals surface area contributed by atoms with Gasteiger partial charge in [0.2, 0.25) is 0 Å². The van der Waals surface area contributed by atoms with Gasteiger partial charge in [-0.3, -0.25) is 0 Å². The van der Waals surface area contributed by atoms with E-state index in [1.807, 2.05) is 36.0 Å². The van der Waals surface area contributed by atoms with Crippen molar-refractivity contribution in [2.75, 3.05) is 17.6 Å². The summed E-state index contributed by atoms with van der Waals surface area (Å²) in [6.07, 6.45) is 2.54. The summed E-state index contributed by atoms with van der Waals surface area (Å²) >= 11 is 2.00. The van der Waals surface area contributed by atoms with E-state index in [1.54, 1.807) is 0 Å². The number of aromatic nitrogens is 2. The van der Waals surface area contributed by atoms with Crippen molar-refractivity contribution in [3.8, 4) is 6.07 Å². The molecule has 19 heavy (non-hydrogen) atoms. The van der Waals surface area contributed by atoms with Crippen LogP contribution in [0.15, 0.2) is 24.3 Å². The standard InChI is InChI=1S/C14H14N4S/c15-8-13-14(16-9-10-4-3-7-19-10)11-5-1-2-6-12(11)17-18-13/h1-2,5-6,10H,3-4,7,9H2,(H,16,17). The summed E-state index contributed by atoms with van der Waals surface area (Å²) in [6.45, 7) is 0.884. The smallest absolute Gasteiger partial charge is 0.186 e. The van der Waals surface area contributed by atoms with E-state index in [-0.39, 0.29) is 0 Å². The Morgan fingerprint density at radius 1 is 1.37 bits per heavy atom. The molecule has 5 heteroatoms.